The largest absolute Gasteiger partial charge is 0.352 e. The van der Waals surface area contributed by atoms with Crippen molar-refractivity contribution < 1.29 is 0 Å². The van der Waals surface area contributed by atoms with Gasteiger partial charge in [0.05, 0.1) is 23.7 Å². The number of nitriles is 1. The summed E-state index contributed by atoms with van der Waals surface area (Å²) in [6, 6.07) is 4.44. The van der Waals surface area contributed by atoms with Crippen molar-refractivity contribution in [3.8, 4) is 6.07 Å². The molecule has 0 aliphatic carbocycles. The van der Waals surface area contributed by atoms with E-state index in [9.17, 15) is 5.26 Å². The van der Waals surface area contributed by atoms with Crippen molar-refractivity contribution in [2.24, 2.45) is 0 Å². The molecular weight excluding hydrogens is 370 g/mol. The van der Waals surface area contributed by atoms with Crippen LogP contribution in [0.1, 0.15) is 43.4 Å². The lowest BCUT2D eigenvalue weighted by Crippen LogP contribution is -2.70. The van der Waals surface area contributed by atoms with Gasteiger partial charge >= 0.3 is 0 Å². The molecule has 8 heteroatoms. The molecule has 0 atom stereocenters. The fourth-order valence-corrected chi connectivity index (χ4v) is 4.93. The van der Waals surface area contributed by atoms with Gasteiger partial charge in [-0.3, -0.25) is 4.90 Å². The Bertz CT molecular complexity index is 858. The predicted molar refractivity (Wildman–Crippen MR) is 112 cm³/mol. The van der Waals surface area contributed by atoms with Gasteiger partial charge in [0.2, 0.25) is 5.95 Å². The molecule has 2 fully saturated rings. The molecule has 4 rings (SSSR count). The van der Waals surface area contributed by atoms with Crippen molar-refractivity contribution in [3.05, 3.63) is 23.5 Å². The molecular formula is C20H27N7S. The van der Waals surface area contributed by atoms with Crippen molar-refractivity contribution in [2.75, 3.05) is 36.4 Å². The average Bonchev–Trinajstić information content (AvgIpc) is 2.89. The molecule has 1 N–H and O–H groups in total. The molecule has 2 saturated heterocycles. The summed E-state index contributed by atoms with van der Waals surface area (Å²) in [6.45, 7) is 7.95. The molecule has 2 aliphatic heterocycles. The summed E-state index contributed by atoms with van der Waals surface area (Å²) in [7, 11) is 0. The fourth-order valence-electron chi connectivity index (χ4n) is 4.28. The fraction of sp³-hybridized carbons (Fsp3) is 0.600. The van der Waals surface area contributed by atoms with E-state index in [2.05, 4.69) is 30.5 Å². The Morgan fingerprint density at radius 3 is 2.61 bits per heavy atom. The quantitative estimate of drug-likeness (QED) is 0.825. The van der Waals surface area contributed by atoms with Crippen LogP contribution in [0.25, 0.3) is 0 Å². The first-order valence-corrected chi connectivity index (χ1v) is 10.8. The maximum absolute atomic E-state index is 9.45. The van der Waals surface area contributed by atoms with Gasteiger partial charge in [0, 0.05) is 24.8 Å². The Balaban J connectivity index is 1.50. The summed E-state index contributed by atoms with van der Waals surface area (Å²) in [5.74, 6) is 1.55. The van der Waals surface area contributed by atoms with Crippen LogP contribution in [0.4, 0.5) is 16.8 Å². The summed E-state index contributed by atoms with van der Waals surface area (Å²) in [5, 5.41) is 13.7. The summed E-state index contributed by atoms with van der Waals surface area (Å²) >= 11 is 1.41. The molecule has 148 valence electrons. The molecule has 2 aromatic rings. The number of hydrogen-bond donors (Lipinski definition) is 1. The highest BCUT2D eigenvalue weighted by molar-refractivity contribution is 7.10. The maximum atomic E-state index is 9.45. The summed E-state index contributed by atoms with van der Waals surface area (Å²) in [6.07, 6.45) is 7.54. The van der Waals surface area contributed by atoms with Crippen LogP contribution >= 0.6 is 11.5 Å². The van der Waals surface area contributed by atoms with Crippen LogP contribution in [0.5, 0.6) is 0 Å². The molecule has 2 aliphatic rings. The zero-order valence-corrected chi connectivity index (χ0v) is 17.4. The maximum Gasteiger partial charge on any atom is 0.229 e. The number of nitrogens with one attached hydrogen (secondary N) is 1. The number of anilines is 3. The molecule has 4 heterocycles. The second-order valence-corrected chi connectivity index (χ2v) is 8.78. The number of likely N-dealkylation sites (tertiary alicyclic amines) is 1. The van der Waals surface area contributed by atoms with Crippen LogP contribution in [-0.4, -0.2) is 51.0 Å². The van der Waals surface area contributed by atoms with Gasteiger partial charge in [-0.15, -0.1) is 0 Å². The van der Waals surface area contributed by atoms with E-state index in [1.807, 2.05) is 26.1 Å². The number of nitrogens with zero attached hydrogens (tertiary/aromatic N) is 6. The molecule has 0 unspecified atom stereocenters. The third kappa shape index (κ3) is 3.82. The van der Waals surface area contributed by atoms with Gasteiger partial charge in [0.1, 0.15) is 10.8 Å². The van der Waals surface area contributed by atoms with E-state index in [0.717, 1.165) is 48.3 Å². The Labute approximate surface area is 170 Å². The monoisotopic (exact) mass is 397 g/mol. The normalized spacial score (nSPS) is 19.5. The van der Waals surface area contributed by atoms with Crippen LogP contribution in [0.15, 0.2) is 12.3 Å². The molecule has 0 bridgehead atoms. The first-order valence-electron chi connectivity index (χ1n) is 10.0. The Morgan fingerprint density at radius 2 is 1.96 bits per heavy atom. The average molecular weight is 398 g/mol. The minimum atomic E-state index is -0.0289. The first-order chi connectivity index (χ1) is 13.6. The lowest BCUT2D eigenvalue weighted by molar-refractivity contribution is 0.0646. The van der Waals surface area contributed by atoms with Crippen molar-refractivity contribution in [1.29, 1.82) is 5.26 Å². The molecule has 2 aromatic heterocycles. The van der Waals surface area contributed by atoms with E-state index < -0.39 is 0 Å². The molecule has 0 spiro atoms. The van der Waals surface area contributed by atoms with Gasteiger partial charge in [0.15, 0.2) is 0 Å². The lowest BCUT2D eigenvalue weighted by atomic mass is 9.84. The van der Waals surface area contributed by atoms with E-state index in [4.69, 9.17) is 4.98 Å². The van der Waals surface area contributed by atoms with E-state index >= 15 is 0 Å². The minimum Gasteiger partial charge on any atom is -0.352 e. The zero-order valence-electron chi connectivity index (χ0n) is 16.6. The second-order valence-electron chi connectivity index (χ2n) is 7.97. The highest BCUT2D eigenvalue weighted by atomic mass is 32.1. The molecule has 0 aromatic carbocycles. The van der Waals surface area contributed by atoms with Crippen molar-refractivity contribution in [3.63, 3.8) is 0 Å². The van der Waals surface area contributed by atoms with Gasteiger partial charge in [-0.25, -0.2) is 4.98 Å². The molecule has 0 saturated carbocycles. The number of aromatic nitrogens is 3. The van der Waals surface area contributed by atoms with E-state index in [-0.39, 0.29) is 5.54 Å². The van der Waals surface area contributed by atoms with Crippen molar-refractivity contribution in [2.45, 2.75) is 51.5 Å². The topological polar surface area (TPSA) is 81.0 Å². The lowest BCUT2D eigenvalue weighted by Gasteiger charge is -2.55. The van der Waals surface area contributed by atoms with Crippen LogP contribution in [-0.2, 0) is 0 Å². The Kier molecular flexibility index (Phi) is 5.47. The number of aryl methyl sites for hydroxylation is 2. The minimum absolute atomic E-state index is 0.0289. The molecule has 0 amide bonds. The van der Waals surface area contributed by atoms with Gasteiger partial charge in [-0.2, -0.15) is 14.6 Å². The van der Waals surface area contributed by atoms with E-state index in [1.165, 1.54) is 37.2 Å². The molecule has 7 nitrogen and oxygen atoms in total. The SMILES string of the molecule is Cc1cc(Nc2ncc(C)c(N3CC(CC#N)(N4CCCCCC4)C3)n2)sn1. The van der Waals surface area contributed by atoms with Gasteiger partial charge in [0.25, 0.3) is 0 Å². The zero-order chi connectivity index (χ0) is 19.6. The van der Waals surface area contributed by atoms with Crippen LogP contribution in [0.2, 0.25) is 0 Å². The standard InChI is InChI=1S/C20H27N7S/c1-15-12-22-19(23-17-11-16(2)25-28-17)24-18(15)26-13-20(14-26,7-8-21)27-9-5-3-4-6-10-27/h11-12H,3-7,9-10,13-14H2,1-2H3,(H,22,23,24). The summed E-state index contributed by atoms with van der Waals surface area (Å²) in [5.41, 5.74) is 2.02. The smallest absolute Gasteiger partial charge is 0.229 e. The third-order valence-corrected chi connectivity index (χ3v) is 6.56. The van der Waals surface area contributed by atoms with Crippen molar-refractivity contribution in [1.82, 2.24) is 19.2 Å². The number of rotatable bonds is 5. The second kappa shape index (κ2) is 8.02. The number of hydrogen-bond acceptors (Lipinski definition) is 8. The van der Waals surface area contributed by atoms with Crippen LogP contribution < -0.4 is 10.2 Å². The van der Waals surface area contributed by atoms with Crippen LogP contribution in [0.3, 0.4) is 0 Å². The predicted octanol–water partition coefficient (Wildman–Crippen LogP) is 3.64. The van der Waals surface area contributed by atoms with Gasteiger partial charge in [-0.1, -0.05) is 12.8 Å². The van der Waals surface area contributed by atoms with Gasteiger partial charge < -0.3 is 10.2 Å². The van der Waals surface area contributed by atoms with E-state index in [1.54, 1.807) is 0 Å². The summed E-state index contributed by atoms with van der Waals surface area (Å²) < 4.78 is 4.29. The molecule has 28 heavy (non-hydrogen) atoms. The van der Waals surface area contributed by atoms with Crippen LogP contribution in [0, 0.1) is 25.2 Å². The van der Waals surface area contributed by atoms with Crippen molar-refractivity contribution >= 4 is 28.3 Å². The summed E-state index contributed by atoms with van der Waals surface area (Å²) in [4.78, 5) is 14.1. The molecule has 0 radical (unpaired) electrons. The van der Waals surface area contributed by atoms with Gasteiger partial charge in [-0.05, 0) is 57.4 Å². The highest BCUT2D eigenvalue weighted by Crippen LogP contribution is 2.37. The first kappa shape index (κ1) is 19.1. The van der Waals surface area contributed by atoms with E-state index in [0.29, 0.717) is 12.4 Å². The Hall–Kier alpha value is -2.24. The Morgan fingerprint density at radius 1 is 1.21 bits per heavy atom. The highest BCUT2D eigenvalue weighted by Gasteiger charge is 2.48. The third-order valence-electron chi connectivity index (χ3n) is 5.76.